The Hall–Kier alpha value is -0.440. The number of ketones is 1. The normalized spacial score (nSPS) is 17.7. The highest BCUT2D eigenvalue weighted by molar-refractivity contribution is 6.45. The topological polar surface area (TPSA) is 26.3 Å². The van der Waals surface area contributed by atoms with Gasteiger partial charge in [0.25, 0.3) is 0 Å². The summed E-state index contributed by atoms with van der Waals surface area (Å²) >= 11 is 17.9. The molecular weight excluding hydrogens is 307 g/mol. The van der Waals surface area contributed by atoms with Crippen LogP contribution >= 0.6 is 34.8 Å². The number of halogens is 3. The number of unbranched alkanes of at least 4 members (excludes halogenated alkanes) is 1. The number of benzene rings is 1. The number of hydrogen-bond acceptors (Lipinski definition) is 2. The first kappa shape index (κ1) is 15.0. The number of fused-ring (bicyclic) bond motifs is 1. The number of hydrogen-bond donors (Lipinski definition) is 0. The smallest absolute Gasteiger partial charge is 0.168 e. The van der Waals surface area contributed by atoms with E-state index in [0.717, 1.165) is 24.8 Å². The van der Waals surface area contributed by atoms with Crippen LogP contribution in [-0.4, -0.2) is 18.8 Å². The van der Waals surface area contributed by atoms with Crippen LogP contribution in [0.3, 0.4) is 0 Å². The van der Waals surface area contributed by atoms with Crippen LogP contribution in [0.1, 0.15) is 35.2 Å². The van der Waals surface area contributed by atoms with Gasteiger partial charge in [0.2, 0.25) is 0 Å². The second kappa shape index (κ2) is 6.34. The van der Waals surface area contributed by atoms with Crippen molar-refractivity contribution in [3.05, 3.63) is 27.2 Å². The van der Waals surface area contributed by atoms with Gasteiger partial charge in [0.1, 0.15) is 10.8 Å². The molecule has 104 valence electrons. The molecule has 0 N–H and O–H groups in total. The van der Waals surface area contributed by atoms with Gasteiger partial charge in [-0.15, -0.1) is 11.6 Å². The van der Waals surface area contributed by atoms with Gasteiger partial charge in [-0.25, -0.2) is 0 Å². The van der Waals surface area contributed by atoms with Crippen molar-refractivity contribution in [3.63, 3.8) is 0 Å². The second-order valence-corrected chi connectivity index (χ2v) is 5.82. The molecule has 1 aromatic rings. The van der Waals surface area contributed by atoms with Crippen LogP contribution in [0, 0.1) is 5.92 Å². The fraction of sp³-hybridized carbons (Fsp3) is 0.500. The van der Waals surface area contributed by atoms with Gasteiger partial charge in [-0.05, 0) is 30.9 Å². The molecule has 0 heterocycles. The van der Waals surface area contributed by atoms with Crippen molar-refractivity contribution >= 4 is 40.6 Å². The summed E-state index contributed by atoms with van der Waals surface area (Å²) in [7, 11) is 1.54. The molecule has 0 unspecified atom stereocenters. The average molecular weight is 322 g/mol. The summed E-state index contributed by atoms with van der Waals surface area (Å²) in [6.07, 6.45) is 3.44. The predicted octanol–water partition coefficient (Wildman–Crippen LogP) is 4.77. The van der Waals surface area contributed by atoms with E-state index in [1.165, 1.54) is 0 Å². The maximum absolute atomic E-state index is 12.3. The number of carbonyl (C=O) groups is 1. The summed E-state index contributed by atoms with van der Waals surface area (Å²) in [4.78, 5) is 12.3. The van der Waals surface area contributed by atoms with Gasteiger partial charge in [0.05, 0.1) is 12.1 Å². The van der Waals surface area contributed by atoms with Crippen molar-refractivity contribution < 1.29 is 9.53 Å². The minimum Gasteiger partial charge on any atom is -0.495 e. The molecule has 0 saturated carbocycles. The van der Waals surface area contributed by atoms with Crippen LogP contribution in [0.5, 0.6) is 5.75 Å². The van der Waals surface area contributed by atoms with E-state index in [4.69, 9.17) is 39.5 Å². The summed E-state index contributed by atoms with van der Waals surface area (Å²) in [5, 5.41) is 0.638. The van der Waals surface area contributed by atoms with Gasteiger partial charge in [-0.3, -0.25) is 4.79 Å². The first-order chi connectivity index (χ1) is 9.10. The largest absolute Gasteiger partial charge is 0.495 e. The van der Waals surface area contributed by atoms with E-state index in [9.17, 15) is 4.79 Å². The lowest BCUT2D eigenvalue weighted by atomic mass is 9.98. The van der Waals surface area contributed by atoms with Crippen LogP contribution in [0.25, 0.3) is 0 Å². The van der Waals surface area contributed by atoms with Crippen LogP contribution in [0.2, 0.25) is 10.0 Å². The van der Waals surface area contributed by atoms with Crippen molar-refractivity contribution in [1.82, 2.24) is 0 Å². The maximum Gasteiger partial charge on any atom is 0.168 e. The third kappa shape index (κ3) is 2.86. The zero-order valence-electron chi connectivity index (χ0n) is 10.6. The van der Waals surface area contributed by atoms with Gasteiger partial charge < -0.3 is 4.74 Å². The molecule has 0 aromatic heterocycles. The van der Waals surface area contributed by atoms with E-state index in [1.807, 2.05) is 6.07 Å². The van der Waals surface area contributed by atoms with Crippen molar-refractivity contribution in [3.8, 4) is 5.75 Å². The Balaban J connectivity index is 2.25. The molecule has 2 rings (SSSR count). The molecule has 1 atom stereocenters. The highest BCUT2D eigenvalue weighted by Crippen LogP contribution is 2.42. The van der Waals surface area contributed by atoms with Crippen molar-refractivity contribution in [2.45, 2.75) is 25.7 Å². The summed E-state index contributed by atoms with van der Waals surface area (Å²) in [5.74, 6) is 1.26. The van der Waals surface area contributed by atoms with Crippen molar-refractivity contribution in [1.29, 1.82) is 0 Å². The molecule has 1 aromatic carbocycles. The Morgan fingerprint density at radius 1 is 1.32 bits per heavy atom. The number of ether oxygens (including phenoxy) is 1. The number of rotatable bonds is 5. The highest BCUT2D eigenvalue weighted by atomic mass is 35.5. The molecule has 19 heavy (non-hydrogen) atoms. The summed E-state index contributed by atoms with van der Waals surface area (Å²) in [6.45, 7) is 0. The zero-order chi connectivity index (χ0) is 14.0. The lowest BCUT2D eigenvalue weighted by Crippen LogP contribution is -2.09. The minimum atomic E-state index is -0.00103. The number of alkyl halides is 1. The molecule has 0 radical (unpaired) electrons. The van der Waals surface area contributed by atoms with Crippen LogP contribution in [0.15, 0.2) is 6.07 Å². The summed E-state index contributed by atoms with van der Waals surface area (Å²) < 4.78 is 5.17. The molecule has 0 aliphatic heterocycles. The first-order valence-electron chi connectivity index (χ1n) is 6.25. The summed E-state index contributed by atoms with van der Waals surface area (Å²) in [5.41, 5.74) is 1.51. The lowest BCUT2D eigenvalue weighted by Gasteiger charge is -2.08. The van der Waals surface area contributed by atoms with E-state index in [-0.39, 0.29) is 11.7 Å². The van der Waals surface area contributed by atoms with Gasteiger partial charge >= 0.3 is 0 Å². The molecule has 5 heteroatoms. The van der Waals surface area contributed by atoms with Crippen LogP contribution in [-0.2, 0) is 6.42 Å². The molecular formula is C14H15Cl3O2. The van der Waals surface area contributed by atoms with E-state index in [1.54, 1.807) is 7.11 Å². The second-order valence-electron chi connectivity index (χ2n) is 4.69. The molecule has 0 spiro atoms. The zero-order valence-corrected chi connectivity index (χ0v) is 12.9. The Morgan fingerprint density at radius 3 is 2.68 bits per heavy atom. The van der Waals surface area contributed by atoms with E-state index in [0.29, 0.717) is 33.7 Å². The van der Waals surface area contributed by atoms with Crippen LogP contribution < -0.4 is 4.74 Å². The third-order valence-corrected chi connectivity index (χ3v) is 4.61. The third-order valence-electron chi connectivity index (χ3n) is 3.49. The average Bonchev–Trinajstić information content (AvgIpc) is 2.71. The van der Waals surface area contributed by atoms with E-state index >= 15 is 0 Å². The molecule has 0 fully saturated rings. The van der Waals surface area contributed by atoms with E-state index in [2.05, 4.69) is 0 Å². The Bertz CT molecular complexity index is 500. The molecule has 0 bridgehead atoms. The first-order valence-corrected chi connectivity index (χ1v) is 7.54. The van der Waals surface area contributed by atoms with Crippen LogP contribution in [0.4, 0.5) is 0 Å². The lowest BCUT2D eigenvalue weighted by molar-refractivity contribution is 0.0929. The number of Topliss-reactive ketones (excluding diaryl/α,β-unsaturated/α-hetero) is 1. The predicted molar refractivity (Wildman–Crippen MR) is 79.1 cm³/mol. The molecule has 0 saturated heterocycles. The fourth-order valence-corrected chi connectivity index (χ4v) is 3.23. The van der Waals surface area contributed by atoms with Crippen molar-refractivity contribution in [2.75, 3.05) is 13.0 Å². The van der Waals surface area contributed by atoms with Gasteiger partial charge in [0.15, 0.2) is 5.78 Å². The minimum absolute atomic E-state index is 0.00103. The summed E-state index contributed by atoms with van der Waals surface area (Å²) in [6, 6.07) is 1.82. The monoisotopic (exact) mass is 320 g/mol. The number of carbonyl (C=O) groups excluding carboxylic acids is 1. The Kier molecular flexibility index (Phi) is 4.99. The Morgan fingerprint density at radius 2 is 2.05 bits per heavy atom. The molecule has 2 nitrogen and oxygen atoms in total. The van der Waals surface area contributed by atoms with Gasteiger partial charge in [0, 0.05) is 17.4 Å². The standard InChI is InChI=1S/C14H15Cl3O2/c1-19-10-7-9-6-8(4-2-3-5-15)14(18)11(9)13(17)12(10)16/h7-8H,2-6H2,1H3/t8-/m0/s1. The van der Waals surface area contributed by atoms with Gasteiger partial charge in [-0.2, -0.15) is 0 Å². The fourth-order valence-electron chi connectivity index (χ4n) is 2.51. The van der Waals surface area contributed by atoms with E-state index < -0.39 is 0 Å². The van der Waals surface area contributed by atoms with Gasteiger partial charge in [-0.1, -0.05) is 29.6 Å². The number of methoxy groups -OCH3 is 1. The molecule has 1 aliphatic carbocycles. The Labute approximate surface area is 128 Å². The SMILES string of the molecule is COc1cc2c(c(Cl)c1Cl)C(=O)[C@@H](CCCCCl)C2. The molecule has 0 amide bonds. The highest BCUT2D eigenvalue weighted by Gasteiger charge is 2.34. The van der Waals surface area contributed by atoms with Crippen molar-refractivity contribution in [2.24, 2.45) is 5.92 Å². The maximum atomic E-state index is 12.3. The quantitative estimate of drug-likeness (QED) is 0.577. The molecule has 1 aliphatic rings.